The number of fused-ring (bicyclic) bond motifs is 1. The highest BCUT2D eigenvalue weighted by Gasteiger charge is 2.20. The highest BCUT2D eigenvalue weighted by Crippen LogP contribution is 2.23. The van der Waals surface area contributed by atoms with Crippen molar-refractivity contribution in [3.05, 3.63) is 59.4 Å². The molecule has 0 aromatic heterocycles. The van der Waals surface area contributed by atoms with E-state index < -0.39 is 0 Å². The van der Waals surface area contributed by atoms with E-state index in [0.29, 0.717) is 18.8 Å². The summed E-state index contributed by atoms with van der Waals surface area (Å²) in [5.74, 6) is -0.134. The molecule has 0 aliphatic carbocycles. The van der Waals surface area contributed by atoms with Crippen molar-refractivity contribution in [1.82, 2.24) is 4.90 Å². The number of urea groups is 1. The second-order valence-corrected chi connectivity index (χ2v) is 5.06. The number of amides is 2. The lowest BCUT2D eigenvalue weighted by Crippen LogP contribution is -2.38. The summed E-state index contributed by atoms with van der Waals surface area (Å²) in [6.07, 6.45) is 0.756. The van der Waals surface area contributed by atoms with Gasteiger partial charge >= 0.3 is 6.03 Å². The number of hydrogen-bond acceptors (Lipinski definition) is 2. The monoisotopic (exact) mass is 286 g/mol. The van der Waals surface area contributed by atoms with Gasteiger partial charge < -0.3 is 15.3 Å². The van der Waals surface area contributed by atoms with Gasteiger partial charge in [-0.25, -0.2) is 9.18 Å². The number of carbonyl (C=O) groups is 1. The number of rotatable bonds is 1. The lowest BCUT2D eigenvalue weighted by Gasteiger charge is -2.29. The molecule has 21 heavy (non-hydrogen) atoms. The molecule has 0 spiro atoms. The Morgan fingerprint density at radius 3 is 2.67 bits per heavy atom. The molecule has 0 bridgehead atoms. The van der Waals surface area contributed by atoms with E-state index >= 15 is 0 Å². The maximum atomic E-state index is 12.8. The molecule has 108 valence electrons. The van der Waals surface area contributed by atoms with Crippen molar-refractivity contribution >= 4 is 11.7 Å². The first-order valence-corrected chi connectivity index (χ1v) is 6.74. The van der Waals surface area contributed by atoms with E-state index in [1.807, 2.05) is 6.07 Å². The Bertz CT molecular complexity index is 670. The molecule has 1 aliphatic rings. The largest absolute Gasteiger partial charge is 0.508 e. The summed E-state index contributed by atoms with van der Waals surface area (Å²) < 4.78 is 12.8. The van der Waals surface area contributed by atoms with Gasteiger partial charge in [-0.15, -0.1) is 0 Å². The molecule has 2 N–H and O–H groups in total. The second-order valence-electron chi connectivity index (χ2n) is 5.06. The number of aromatic hydroxyl groups is 1. The molecule has 0 atom stereocenters. The summed E-state index contributed by atoms with van der Waals surface area (Å²) in [5, 5.41) is 12.3. The maximum absolute atomic E-state index is 12.8. The van der Waals surface area contributed by atoms with Crippen molar-refractivity contribution < 1.29 is 14.3 Å². The molecule has 4 nitrogen and oxygen atoms in total. The van der Waals surface area contributed by atoms with Crippen LogP contribution in [-0.4, -0.2) is 22.6 Å². The van der Waals surface area contributed by atoms with Gasteiger partial charge in [0.15, 0.2) is 0 Å². The average molecular weight is 286 g/mol. The van der Waals surface area contributed by atoms with Gasteiger partial charge in [0.05, 0.1) is 0 Å². The third kappa shape index (κ3) is 2.97. The Morgan fingerprint density at radius 1 is 1.14 bits per heavy atom. The van der Waals surface area contributed by atoms with Crippen molar-refractivity contribution in [3.63, 3.8) is 0 Å². The molecular weight excluding hydrogens is 271 g/mol. The summed E-state index contributed by atoms with van der Waals surface area (Å²) >= 11 is 0. The fourth-order valence-electron chi connectivity index (χ4n) is 2.45. The van der Waals surface area contributed by atoms with E-state index in [9.17, 15) is 14.3 Å². The normalized spacial score (nSPS) is 13.7. The van der Waals surface area contributed by atoms with E-state index in [-0.39, 0.29) is 17.6 Å². The van der Waals surface area contributed by atoms with Crippen LogP contribution < -0.4 is 5.32 Å². The zero-order valence-electron chi connectivity index (χ0n) is 11.3. The SMILES string of the molecule is O=C(Nc1ccc(F)cc1)N1CCc2ccc(O)cc2C1. The van der Waals surface area contributed by atoms with Crippen LogP contribution in [0.5, 0.6) is 5.75 Å². The smallest absolute Gasteiger partial charge is 0.322 e. The summed E-state index contributed by atoms with van der Waals surface area (Å²) in [6.45, 7) is 1.07. The van der Waals surface area contributed by atoms with Gasteiger partial charge in [-0.2, -0.15) is 0 Å². The molecule has 0 radical (unpaired) electrons. The molecule has 0 unspecified atom stereocenters. The van der Waals surface area contributed by atoms with Gasteiger partial charge in [0.1, 0.15) is 11.6 Å². The molecule has 5 heteroatoms. The van der Waals surface area contributed by atoms with Crippen LogP contribution in [0, 0.1) is 5.82 Å². The first kappa shape index (κ1) is 13.4. The summed E-state index contributed by atoms with van der Waals surface area (Å²) in [5.41, 5.74) is 2.66. The van der Waals surface area contributed by atoms with Crippen LogP contribution in [-0.2, 0) is 13.0 Å². The predicted molar refractivity (Wildman–Crippen MR) is 77.6 cm³/mol. The topological polar surface area (TPSA) is 52.6 Å². The summed E-state index contributed by atoms with van der Waals surface area (Å²) in [4.78, 5) is 13.9. The highest BCUT2D eigenvalue weighted by atomic mass is 19.1. The van der Waals surface area contributed by atoms with E-state index in [4.69, 9.17) is 0 Å². The van der Waals surface area contributed by atoms with E-state index in [0.717, 1.165) is 17.5 Å². The minimum absolute atomic E-state index is 0.203. The van der Waals surface area contributed by atoms with Gasteiger partial charge in [0, 0.05) is 18.8 Å². The number of anilines is 1. The van der Waals surface area contributed by atoms with Gasteiger partial charge in [0.2, 0.25) is 0 Å². The Labute approximate surface area is 121 Å². The number of benzene rings is 2. The number of phenols is 1. The van der Waals surface area contributed by atoms with Crippen molar-refractivity contribution in [2.75, 3.05) is 11.9 Å². The fraction of sp³-hybridized carbons (Fsp3) is 0.188. The minimum atomic E-state index is -0.338. The third-order valence-electron chi connectivity index (χ3n) is 3.58. The molecule has 1 aliphatic heterocycles. The molecule has 2 aromatic rings. The average Bonchev–Trinajstić information content (AvgIpc) is 2.48. The standard InChI is InChI=1S/C16H15FN2O2/c17-13-2-4-14(5-3-13)18-16(21)19-8-7-11-1-6-15(20)9-12(11)10-19/h1-6,9,20H,7-8,10H2,(H,18,21). The van der Waals surface area contributed by atoms with E-state index in [2.05, 4.69) is 5.32 Å². The molecule has 0 saturated carbocycles. The Morgan fingerprint density at radius 2 is 1.90 bits per heavy atom. The number of nitrogens with one attached hydrogen (secondary N) is 1. The molecule has 2 aromatic carbocycles. The number of phenolic OH excluding ortho intramolecular Hbond substituents is 1. The Hall–Kier alpha value is -2.56. The van der Waals surface area contributed by atoms with Crippen molar-refractivity contribution in [1.29, 1.82) is 0 Å². The molecular formula is C16H15FN2O2. The molecule has 2 amide bonds. The number of carbonyl (C=O) groups excluding carboxylic acids is 1. The summed E-state index contributed by atoms with van der Waals surface area (Å²) in [7, 11) is 0. The predicted octanol–water partition coefficient (Wildman–Crippen LogP) is 3.12. The third-order valence-corrected chi connectivity index (χ3v) is 3.58. The van der Waals surface area contributed by atoms with Crippen LogP contribution in [0.2, 0.25) is 0 Å². The maximum Gasteiger partial charge on any atom is 0.322 e. The Balaban J connectivity index is 1.70. The van der Waals surface area contributed by atoms with Crippen molar-refractivity contribution in [2.24, 2.45) is 0 Å². The lowest BCUT2D eigenvalue weighted by molar-refractivity contribution is 0.206. The molecule has 1 heterocycles. The van der Waals surface area contributed by atoms with Gasteiger partial charge in [-0.3, -0.25) is 0 Å². The van der Waals surface area contributed by atoms with Crippen LogP contribution >= 0.6 is 0 Å². The van der Waals surface area contributed by atoms with Crippen LogP contribution in [0.3, 0.4) is 0 Å². The Kier molecular flexibility index (Phi) is 3.48. The second kappa shape index (κ2) is 5.44. The van der Waals surface area contributed by atoms with Gasteiger partial charge in [0.25, 0.3) is 0 Å². The van der Waals surface area contributed by atoms with Gasteiger partial charge in [-0.05, 0) is 53.9 Å². The number of nitrogens with zero attached hydrogens (tertiary/aromatic N) is 1. The molecule has 0 saturated heterocycles. The first-order chi connectivity index (χ1) is 10.1. The quantitative estimate of drug-likeness (QED) is 0.846. The lowest BCUT2D eigenvalue weighted by atomic mass is 10.00. The van der Waals surface area contributed by atoms with Crippen molar-refractivity contribution in [2.45, 2.75) is 13.0 Å². The molecule has 0 fully saturated rings. The number of hydrogen-bond donors (Lipinski definition) is 2. The van der Waals surface area contributed by atoms with E-state index in [1.54, 1.807) is 17.0 Å². The zero-order valence-corrected chi connectivity index (χ0v) is 11.3. The van der Waals surface area contributed by atoms with E-state index in [1.165, 1.54) is 24.3 Å². The number of halogens is 1. The zero-order chi connectivity index (χ0) is 14.8. The molecule has 3 rings (SSSR count). The fourth-order valence-corrected chi connectivity index (χ4v) is 2.45. The highest BCUT2D eigenvalue weighted by molar-refractivity contribution is 5.89. The van der Waals surface area contributed by atoms with Gasteiger partial charge in [-0.1, -0.05) is 6.07 Å². The van der Waals surface area contributed by atoms with Crippen LogP contribution in [0.1, 0.15) is 11.1 Å². The minimum Gasteiger partial charge on any atom is -0.508 e. The van der Waals surface area contributed by atoms with Crippen molar-refractivity contribution in [3.8, 4) is 5.75 Å². The van der Waals surface area contributed by atoms with Crippen LogP contribution in [0.25, 0.3) is 0 Å². The van der Waals surface area contributed by atoms with Crippen LogP contribution in [0.15, 0.2) is 42.5 Å². The van der Waals surface area contributed by atoms with Crippen LogP contribution in [0.4, 0.5) is 14.9 Å². The summed E-state index contributed by atoms with van der Waals surface area (Å²) in [6, 6.07) is 10.7. The first-order valence-electron chi connectivity index (χ1n) is 6.74.